The zero-order valence-electron chi connectivity index (χ0n) is 13.9. The monoisotopic (exact) mass is 311 g/mol. The summed E-state index contributed by atoms with van der Waals surface area (Å²) in [6.07, 6.45) is 15.5. The molecule has 1 saturated heterocycles. The predicted octanol–water partition coefficient (Wildman–Crippen LogP) is 2.68. The van der Waals surface area contributed by atoms with Crippen LogP contribution in [0, 0.1) is 5.92 Å². The van der Waals surface area contributed by atoms with Gasteiger partial charge in [0.25, 0.3) is 0 Å². The smallest absolute Gasteiger partial charge is 0.159 e. The molecule has 122 valence electrons. The van der Waals surface area contributed by atoms with Gasteiger partial charge in [-0.05, 0) is 38.1 Å². The molecule has 2 aromatic rings. The van der Waals surface area contributed by atoms with Gasteiger partial charge in [-0.15, -0.1) is 0 Å². The van der Waals surface area contributed by atoms with E-state index in [1.807, 2.05) is 30.2 Å². The Hall–Kier alpha value is -1.75. The van der Waals surface area contributed by atoms with Crippen molar-refractivity contribution in [2.45, 2.75) is 44.6 Å². The molecule has 1 aliphatic heterocycles. The molecule has 1 atom stereocenters. The third kappa shape index (κ3) is 3.15. The third-order valence-electron chi connectivity index (χ3n) is 5.41. The number of aryl methyl sites for hydroxylation is 1. The average molecular weight is 311 g/mol. The van der Waals surface area contributed by atoms with Crippen molar-refractivity contribution < 1.29 is 0 Å². The van der Waals surface area contributed by atoms with E-state index in [1.165, 1.54) is 45.2 Å². The van der Waals surface area contributed by atoms with Crippen molar-refractivity contribution in [1.29, 1.82) is 0 Å². The Bertz CT molecular complexity index is 642. The molecule has 0 spiro atoms. The average Bonchev–Trinajstić information content (AvgIpc) is 3.29. The van der Waals surface area contributed by atoms with Crippen molar-refractivity contribution in [2.75, 3.05) is 13.1 Å². The van der Waals surface area contributed by atoms with Crippen LogP contribution < -0.4 is 0 Å². The maximum absolute atomic E-state index is 4.63. The number of hydrogen-bond acceptors (Lipinski definition) is 4. The van der Waals surface area contributed by atoms with E-state index in [0.29, 0.717) is 0 Å². The summed E-state index contributed by atoms with van der Waals surface area (Å²) in [7, 11) is 1.98. The molecule has 2 aliphatic rings. The van der Waals surface area contributed by atoms with Crippen LogP contribution in [-0.4, -0.2) is 43.6 Å². The first-order chi connectivity index (χ1) is 11.3. The van der Waals surface area contributed by atoms with E-state index in [9.17, 15) is 0 Å². The van der Waals surface area contributed by atoms with E-state index in [2.05, 4.69) is 19.9 Å². The SMILES string of the molecule is Cn1ccnc1-c1cnc(C[C@@H]2CCN(C3CCCC3)C2)cn1. The maximum atomic E-state index is 4.63. The van der Waals surface area contributed by atoms with Crippen LogP contribution in [0.25, 0.3) is 11.5 Å². The third-order valence-corrected chi connectivity index (χ3v) is 5.41. The molecule has 5 heteroatoms. The number of aromatic nitrogens is 4. The zero-order chi connectivity index (χ0) is 15.6. The summed E-state index contributed by atoms with van der Waals surface area (Å²) < 4.78 is 1.97. The second-order valence-electron chi connectivity index (χ2n) is 7.05. The molecule has 4 rings (SSSR count). The van der Waals surface area contributed by atoms with Gasteiger partial charge in [0.2, 0.25) is 0 Å². The highest BCUT2D eigenvalue weighted by Crippen LogP contribution is 2.29. The molecule has 0 radical (unpaired) electrons. The zero-order valence-corrected chi connectivity index (χ0v) is 13.9. The van der Waals surface area contributed by atoms with Crippen LogP contribution in [0.15, 0.2) is 24.8 Å². The van der Waals surface area contributed by atoms with Crippen molar-refractivity contribution in [3.8, 4) is 11.5 Å². The Morgan fingerprint density at radius 2 is 1.96 bits per heavy atom. The fourth-order valence-corrected chi connectivity index (χ4v) is 4.11. The minimum Gasteiger partial charge on any atom is -0.333 e. The molecule has 1 saturated carbocycles. The Kier molecular flexibility index (Phi) is 4.12. The summed E-state index contributed by atoms with van der Waals surface area (Å²) in [6.45, 7) is 2.52. The Labute approximate surface area is 137 Å². The molecule has 23 heavy (non-hydrogen) atoms. The fraction of sp³-hybridized carbons (Fsp3) is 0.611. The Balaban J connectivity index is 1.37. The van der Waals surface area contributed by atoms with Crippen LogP contribution in [-0.2, 0) is 13.5 Å². The summed E-state index contributed by atoms with van der Waals surface area (Å²) in [4.78, 5) is 16.2. The molecular weight excluding hydrogens is 286 g/mol. The van der Waals surface area contributed by atoms with Crippen molar-refractivity contribution >= 4 is 0 Å². The van der Waals surface area contributed by atoms with E-state index >= 15 is 0 Å². The van der Waals surface area contributed by atoms with E-state index in [-0.39, 0.29) is 0 Å². The quantitative estimate of drug-likeness (QED) is 0.871. The Morgan fingerprint density at radius 3 is 2.65 bits per heavy atom. The highest BCUT2D eigenvalue weighted by Gasteiger charge is 2.30. The second-order valence-corrected chi connectivity index (χ2v) is 7.05. The minimum absolute atomic E-state index is 0.740. The molecular formula is C18H25N5. The van der Waals surface area contributed by atoms with Crippen molar-refractivity contribution in [3.05, 3.63) is 30.5 Å². The normalized spacial score (nSPS) is 22.9. The summed E-state index contributed by atoms with van der Waals surface area (Å²) in [6, 6.07) is 0.858. The number of rotatable bonds is 4. The van der Waals surface area contributed by atoms with E-state index in [1.54, 1.807) is 6.20 Å². The summed E-state index contributed by atoms with van der Waals surface area (Å²) >= 11 is 0. The maximum Gasteiger partial charge on any atom is 0.159 e. The summed E-state index contributed by atoms with van der Waals surface area (Å²) in [5.41, 5.74) is 1.96. The summed E-state index contributed by atoms with van der Waals surface area (Å²) in [5.74, 6) is 1.61. The first-order valence-electron chi connectivity index (χ1n) is 8.82. The molecule has 0 amide bonds. The largest absolute Gasteiger partial charge is 0.333 e. The van der Waals surface area contributed by atoms with Crippen molar-refractivity contribution in [1.82, 2.24) is 24.4 Å². The first kappa shape index (κ1) is 14.8. The van der Waals surface area contributed by atoms with Gasteiger partial charge < -0.3 is 9.47 Å². The van der Waals surface area contributed by atoms with Gasteiger partial charge in [-0.1, -0.05) is 12.8 Å². The molecule has 2 aromatic heterocycles. The lowest BCUT2D eigenvalue weighted by Gasteiger charge is -2.23. The standard InChI is InChI=1S/C18H25N5/c1-22-9-7-19-18(22)17-12-20-15(11-21-17)10-14-6-8-23(13-14)16-4-2-3-5-16/h7,9,11-12,14,16H,2-6,8,10,13H2,1H3/t14-/m0/s1. The second kappa shape index (κ2) is 6.40. The topological polar surface area (TPSA) is 46.8 Å². The molecule has 0 unspecified atom stereocenters. The van der Waals surface area contributed by atoms with Gasteiger partial charge in [-0.2, -0.15) is 0 Å². The van der Waals surface area contributed by atoms with Crippen molar-refractivity contribution in [2.24, 2.45) is 13.0 Å². The molecule has 0 aromatic carbocycles. The lowest BCUT2D eigenvalue weighted by Crippen LogP contribution is -2.31. The van der Waals surface area contributed by atoms with Crippen LogP contribution in [0.4, 0.5) is 0 Å². The van der Waals surface area contributed by atoms with Crippen molar-refractivity contribution in [3.63, 3.8) is 0 Å². The van der Waals surface area contributed by atoms with Gasteiger partial charge >= 0.3 is 0 Å². The number of nitrogens with zero attached hydrogens (tertiary/aromatic N) is 5. The van der Waals surface area contributed by atoms with E-state index in [0.717, 1.165) is 35.6 Å². The van der Waals surface area contributed by atoms with Gasteiger partial charge in [-0.25, -0.2) is 9.97 Å². The van der Waals surface area contributed by atoms with Gasteiger partial charge in [0.05, 0.1) is 11.9 Å². The lowest BCUT2D eigenvalue weighted by atomic mass is 10.0. The van der Waals surface area contributed by atoms with Gasteiger partial charge in [0, 0.05) is 38.2 Å². The highest BCUT2D eigenvalue weighted by atomic mass is 15.2. The number of imidazole rings is 1. The van der Waals surface area contributed by atoms with E-state index < -0.39 is 0 Å². The van der Waals surface area contributed by atoms with Crippen LogP contribution >= 0.6 is 0 Å². The van der Waals surface area contributed by atoms with Gasteiger partial charge in [-0.3, -0.25) is 4.98 Å². The van der Waals surface area contributed by atoms with Crippen LogP contribution in [0.1, 0.15) is 37.8 Å². The van der Waals surface area contributed by atoms with E-state index in [4.69, 9.17) is 0 Å². The highest BCUT2D eigenvalue weighted by molar-refractivity contribution is 5.47. The van der Waals surface area contributed by atoms with Crippen LogP contribution in [0.3, 0.4) is 0 Å². The molecule has 0 N–H and O–H groups in total. The van der Waals surface area contributed by atoms with Gasteiger partial charge in [0.15, 0.2) is 5.82 Å². The molecule has 0 bridgehead atoms. The fourth-order valence-electron chi connectivity index (χ4n) is 4.11. The van der Waals surface area contributed by atoms with Crippen LogP contribution in [0.5, 0.6) is 0 Å². The number of likely N-dealkylation sites (tertiary alicyclic amines) is 1. The van der Waals surface area contributed by atoms with Gasteiger partial charge in [0.1, 0.15) is 5.69 Å². The molecule has 2 fully saturated rings. The molecule has 3 heterocycles. The summed E-state index contributed by atoms with van der Waals surface area (Å²) in [5, 5.41) is 0. The minimum atomic E-state index is 0.740. The first-order valence-corrected chi connectivity index (χ1v) is 8.82. The molecule has 5 nitrogen and oxygen atoms in total. The molecule has 1 aliphatic carbocycles. The number of hydrogen-bond donors (Lipinski definition) is 0. The Morgan fingerprint density at radius 1 is 1.09 bits per heavy atom. The predicted molar refractivity (Wildman–Crippen MR) is 89.9 cm³/mol. The lowest BCUT2D eigenvalue weighted by molar-refractivity contribution is 0.237. The van der Waals surface area contributed by atoms with Crippen LogP contribution in [0.2, 0.25) is 0 Å².